The molecule has 3 heterocycles. The van der Waals surface area contributed by atoms with Gasteiger partial charge in [0.15, 0.2) is 0 Å². The van der Waals surface area contributed by atoms with Gasteiger partial charge < -0.3 is 15.5 Å². The minimum absolute atomic E-state index is 0.183. The van der Waals surface area contributed by atoms with E-state index in [9.17, 15) is 9.59 Å². The van der Waals surface area contributed by atoms with E-state index in [1.807, 2.05) is 48.5 Å². The lowest BCUT2D eigenvalue weighted by atomic mass is 10.1. The van der Waals surface area contributed by atoms with Crippen LogP contribution in [-0.2, 0) is 11.3 Å². The van der Waals surface area contributed by atoms with E-state index >= 15 is 0 Å². The Morgan fingerprint density at radius 1 is 1.14 bits per heavy atom. The van der Waals surface area contributed by atoms with E-state index < -0.39 is 6.04 Å². The van der Waals surface area contributed by atoms with Crippen molar-refractivity contribution in [1.29, 1.82) is 0 Å². The first-order valence-corrected chi connectivity index (χ1v) is 9.26. The molecule has 7 heteroatoms. The summed E-state index contributed by atoms with van der Waals surface area (Å²) in [5.41, 5.74) is 2.10. The zero-order valence-electron chi connectivity index (χ0n) is 15.3. The van der Waals surface area contributed by atoms with Gasteiger partial charge in [-0.1, -0.05) is 24.3 Å². The normalized spacial score (nSPS) is 16.7. The Labute approximate surface area is 162 Å². The number of carbonyl (C=O) groups is 2. The molecule has 0 saturated carbocycles. The van der Waals surface area contributed by atoms with E-state index in [-0.39, 0.29) is 11.8 Å². The summed E-state index contributed by atoms with van der Waals surface area (Å²) >= 11 is 0. The number of hydrogen-bond donors (Lipinski definition) is 2. The fourth-order valence-electron chi connectivity index (χ4n) is 3.33. The third kappa shape index (κ3) is 3.84. The molecular formula is C21H21N5O2. The highest BCUT2D eigenvalue weighted by atomic mass is 16.2. The fraction of sp³-hybridized carbons (Fsp3) is 0.238. The van der Waals surface area contributed by atoms with Crippen LogP contribution in [0.15, 0.2) is 60.9 Å². The van der Waals surface area contributed by atoms with Gasteiger partial charge in [-0.15, -0.1) is 0 Å². The Balaban J connectivity index is 1.50. The van der Waals surface area contributed by atoms with Gasteiger partial charge in [-0.2, -0.15) is 0 Å². The molecule has 1 atom stereocenters. The van der Waals surface area contributed by atoms with Crippen molar-refractivity contribution in [2.45, 2.75) is 12.6 Å². The van der Waals surface area contributed by atoms with Gasteiger partial charge in [0, 0.05) is 37.4 Å². The molecule has 2 aromatic heterocycles. The van der Waals surface area contributed by atoms with Crippen LogP contribution in [-0.4, -0.2) is 52.4 Å². The molecule has 0 spiro atoms. The van der Waals surface area contributed by atoms with Gasteiger partial charge in [0.2, 0.25) is 5.91 Å². The monoisotopic (exact) mass is 375 g/mol. The lowest BCUT2D eigenvalue weighted by Crippen LogP contribution is -2.59. The van der Waals surface area contributed by atoms with Crippen LogP contribution < -0.4 is 10.6 Å². The van der Waals surface area contributed by atoms with Gasteiger partial charge in [0.1, 0.15) is 6.04 Å². The maximum Gasteiger partial charge on any atom is 0.256 e. The largest absolute Gasteiger partial charge is 0.349 e. The van der Waals surface area contributed by atoms with E-state index in [0.717, 1.165) is 16.6 Å². The highest BCUT2D eigenvalue weighted by Gasteiger charge is 2.32. The predicted octanol–water partition coefficient (Wildman–Crippen LogP) is 1.36. The third-order valence-electron chi connectivity index (χ3n) is 4.81. The summed E-state index contributed by atoms with van der Waals surface area (Å²) in [5.74, 6) is -0.377. The third-order valence-corrected chi connectivity index (χ3v) is 4.81. The van der Waals surface area contributed by atoms with Gasteiger partial charge in [0.05, 0.1) is 23.3 Å². The SMILES string of the molecule is O=C(NCc1ccccn1)C1CNCCN1C(=O)c1cnc2ccccc2c1. The molecule has 1 saturated heterocycles. The van der Waals surface area contributed by atoms with Crippen LogP contribution in [0.5, 0.6) is 0 Å². The van der Waals surface area contributed by atoms with E-state index in [1.54, 1.807) is 17.3 Å². The van der Waals surface area contributed by atoms with Gasteiger partial charge >= 0.3 is 0 Å². The summed E-state index contributed by atoms with van der Waals surface area (Å²) in [6.07, 6.45) is 3.27. The van der Waals surface area contributed by atoms with Crippen molar-refractivity contribution in [1.82, 2.24) is 25.5 Å². The number of hydrogen-bond acceptors (Lipinski definition) is 5. The number of nitrogens with one attached hydrogen (secondary N) is 2. The number of fused-ring (bicyclic) bond motifs is 1. The molecule has 1 aromatic carbocycles. The summed E-state index contributed by atoms with van der Waals surface area (Å²) in [5, 5.41) is 6.98. The number of benzene rings is 1. The second-order valence-electron chi connectivity index (χ2n) is 6.67. The van der Waals surface area contributed by atoms with Crippen molar-refractivity contribution in [3.63, 3.8) is 0 Å². The van der Waals surface area contributed by atoms with Crippen LogP contribution in [0.2, 0.25) is 0 Å². The van der Waals surface area contributed by atoms with E-state index in [2.05, 4.69) is 20.6 Å². The van der Waals surface area contributed by atoms with Gasteiger partial charge in [-0.25, -0.2) is 0 Å². The van der Waals surface area contributed by atoms with Crippen molar-refractivity contribution < 1.29 is 9.59 Å². The molecular weight excluding hydrogens is 354 g/mol. The molecule has 1 aliphatic rings. The molecule has 1 fully saturated rings. The molecule has 0 radical (unpaired) electrons. The van der Waals surface area contributed by atoms with Crippen LogP contribution in [0.25, 0.3) is 10.9 Å². The molecule has 3 aromatic rings. The number of rotatable bonds is 4. The number of pyridine rings is 2. The van der Waals surface area contributed by atoms with Crippen LogP contribution in [0.3, 0.4) is 0 Å². The number of nitrogens with zero attached hydrogens (tertiary/aromatic N) is 3. The van der Waals surface area contributed by atoms with Crippen molar-refractivity contribution in [3.05, 3.63) is 72.2 Å². The fourth-order valence-corrected chi connectivity index (χ4v) is 3.33. The van der Waals surface area contributed by atoms with Crippen molar-refractivity contribution in [3.8, 4) is 0 Å². The zero-order valence-corrected chi connectivity index (χ0v) is 15.3. The second kappa shape index (κ2) is 8.14. The molecule has 1 unspecified atom stereocenters. The first-order chi connectivity index (χ1) is 13.7. The Hall–Kier alpha value is -3.32. The predicted molar refractivity (Wildman–Crippen MR) is 106 cm³/mol. The highest BCUT2D eigenvalue weighted by Crippen LogP contribution is 2.16. The smallest absolute Gasteiger partial charge is 0.256 e. The minimum Gasteiger partial charge on any atom is -0.349 e. The van der Waals surface area contributed by atoms with Crippen LogP contribution in [0.1, 0.15) is 16.1 Å². The van der Waals surface area contributed by atoms with E-state index in [1.165, 1.54) is 0 Å². The summed E-state index contributed by atoms with van der Waals surface area (Å²) in [6, 6.07) is 14.5. The number of piperazine rings is 1. The molecule has 0 aliphatic carbocycles. The molecule has 4 rings (SSSR count). The lowest BCUT2D eigenvalue weighted by molar-refractivity contribution is -0.126. The Morgan fingerprint density at radius 2 is 2.00 bits per heavy atom. The number of carbonyl (C=O) groups excluding carboxylic acids is 2. The Kier molecular flexibility index (Phi) is 5.25. The van der Waals surface area contributed by atoms with E-state index in [4.69, 9.17) is 0 Å². The van der Waals surface area contributed by atoms with E-state index in [0.29, 0.717) is 31.7 Å². The summed E-state index contributed by atoms with van der Waals surface area (Å²) in [7, 11) is 0. The first kappa shape index (κ1) is 18.1. The average Bonchev–Trinajstić information content (AvgIpc) is 2.77. The summed E-state index contributed by atoms with van der Waals surface area (Å²) in [4.78, 5) is 36.0. The summed E-state index contributed by atoms with van der Waals surface area (Å²) in [6.45, 7) is 1.86. The minimum atomic E-state index is -0.573. The zero-order chi connectivity index (χ0) is 19.3. The maximum absolute atomic E-state index is 13.1. The molecule has 142 valence electrons. The van der Waals surface area contributed by atoms with Crippen LogP contribution in [0.4, 0.5) is 0 Å². The lowest BCUT2D eigenvalue weighted by Gasteiger charge is -2.35. The van der Waals surface area contributed by atoms with Gasteiger partial charge in [-0.3, -0.25) is 19.6 Å². The highest BCUT2D eigenvalue weighted by molar-refractivity contribution is 6.00. The van der Waals surface area contributed by atoms with Gasteiger partial charge in [0.25, 0.3) is 5.91 Å². The molecule has 1 aliphatic heterocycles. The quantitative estimate of drug-likeness (QED) is 0.719. The Bertz CT molecular complexity index is 992. The van der Waals surface area contributed by atoms with Crippen molar-refractivity contribution in [2.75, 3.05) is 19.6 Å². The molecule has 28 heavy (non-hydrogen) atoms. The number of para-hydroxylation sites is 1. The van der Waals surface area contributed by atoms with Gasteiger partial charge in [-0.05, 0) is 24.3 Å². The van der Waals surface area contributed by atoms with Crippen molar-refractivity contribution in [2.24, 2.45) is 0 Å². The number of aromatic nitrogens is 2. The molecule has 2 amide bonds. The molecule has 0 bridgehead atoms. The molecule has 2 N–H and O–H groups in total. The first-order valence-electron chi connectivity index (χ1n) is 9.26. The number of amides is 2. The van der Waals surface area contributed by atoms with Crippen LogP contribution in [0, 0.1) is 0 Å². The molecule has 7 nitrogen and oxygen atoms in total. The van der Waals surface area contributed by atoms with Crippen molar-refractivity contribution >= 4 is 22.7 Å². The van der Waals surface area contributed by atoms with Crippen LogP contribution >= 0.6 is 0 Å². The standard InChI is InChI=1S/C21H21N5O2/c27-20(25-13-17-6-3-4-8-23-17)19-14-22-9-10-26(19)21(28)16-11-15-5-1-2-7-18(15)24-12-16/h1-8,11-12,19,22H,9-10,13-14H2,(H,25,27). The maximum atomic E-state index is 13.1. The topological polar surface area (TPSA) is 87.2 Å². The Morgan fingerprint density at radius 3 is 2.86 bits per heavy atom. The second-order valence-corrected chi connectivity index (χ2v) is 6.67. The average molecular weight is 375 g/mol. The summed E-state index contributed by atoms with van der Waals surface area (Å²) < 4.78 is 0.